The molecule has 0 saturated carbocycles. The first-order valence-corrected chi connectivity index (χ1v) is 6.53. The van der Waals surface area contributed by atoms with Gasteiger partial charge in [0.1, 0.15) is 0 Å². The van der Waals surface area contributed by atoms with E-state index in [9.17, 15) is 8.42 Å². The molecule has 0 saturated heterocycles. The molecule has 4 nitrogen and oxygen atoms in total. The fourth-order valence-corrected chi connectivity index (χ4v) is 1.93. The summed E-state index contributed by atoms with van der Waals surface area (Å²) in [7, 11) is -1.45. The van der Waals surface area contributed by atoms with Gasteiger partial charge in [-0.2, -0.15) is 0 Å². The number of rotatable bonds is 6. The van der Waals surface area contributed by atoms with Crippen molar-refractivity contribution in [2.24, 2.45) is 0 Å². The van der Waals surface area contributed by atoms with E-state index in [0.717, 1.165) is 0 Å². The zero-order valence-corrected chi connectivity index (χ0v) is 10.3. The minimum atomic E-state index is -2.95. The fraction of sp³-hybridized carbons (Fsp3) is 1.00. The number of methoxy groups -OCH3 is 1. The third-order valence-corrected chi connectivity index (χ3v) is 3.28. The molecule has 1 N–H and O–H groups in total. The average molecular weight is 223 g/mol. The quantitative estimate of drug-likeness (QED) is 0.710. The van der Waals surface area contributed by atoms with E-state index >= 15 is 0 Å². The SMILES string of the molecule is COCCS(=O)(=O)CCNC(C)(C)C. The van der Waals surface area contributed by atoms with Crippen LogP contribution in [-0.2, 0) is 14.6 Å². The smallest absolute Gasteiger partial charge is 0.153 e. The Morgan fingerprint density at radius 3 is 2.21 bits per heavy atom. The maximum atomic E-state index is 11.4. The Labute approximate surface area is 86.9 Å². The highest BCUT2D eigenvalue weighted by Crippen LogP contribution is 1.98. The van der Waals surface area contributed by atoms with Crippen molar-refractivity contribution in [1.82, 2.24) is 5.32 Å². The summed E-state index contributed by atoms with van der Waals surface area (Å²) in [5, 5.41) is 3.13. The van der Waals surface area contributed by atoms with E-state index in [1.807, 2.05) is 20.8 Å². The van der Waals surface area contributed by atoms with Gasteiger partial charge in [-0.25, -0.2) is 8.42 Å². The van der Waals surface area contributed by atoms with E-state index in [1.165, 1.54) is 7.11 Å². The molecule has 0 bridgehead atoms. The van der Waals surface area contributed by atoms with Crippen molar-refractivity contribution in [2.45, 2.75) is 26.3 Å². The largest absolute Gasteiger partial charge is 0.384 e. The van der Waals surface area contributed by atoms with Gasteiger partial charge in [-0.3, -0.25) is 0 Å². The molecular formula is C9H21NO3S. The minimum absolute atomic E-state index is 0.0310. The predicted octanol–water partition coefficient (Wildman–Crippen LogP) is 0.436. The van der Waals surface area contributed by atoms with Gasteiger partial charge >= 0.3 is 0 Å². The number of ether oxygens (including phenoxy) is 1. The second kappa shape index (κ2) is 5.68. The lowest BCUT2D eigenvalue weighted by molar-refractivity contribution is 0.217. The van der Waals surface area contributed by atoms with Gasteiger partial charge in [0, 0.05) is 19.2 Å². The molecule has 0 rings (SSSR count). The van der Waals surface area contributed by atoms with Gasteiger partial charge in [-0.15, -0.1) is 0 Å². The van der Waals surface area contributed by atoms with Gasteiger partial charge < -0.3 is 10.1 Å². The van der Waals surface area contributed by atoms with E-state index in [2.05, 4.69) is 5.32 Å². The van der Waals surface area contributed by atoms with Gasteiger partial charge in [-0.05, 0) is 20.8 Å². The van der Waals surface area contributed by atoms with Crippen molar-refractivity contribution in [3.63, 3.8) is 0 Å². The molecule has 0 atom stereocenters. The molecule has 0 fully saturated rings. The Morgan fingerprint density at radius 2 is 1.79 bits per heavy atom. The van der Waals surface area contributed by atoms with Crippen LogP contribution in [0.4, 0.5) is 0 Å². The van der Waals surface area contributed by atoms with Crippen molar-refractivity contribution < 1.29 is 13.2 Å². The normalized spacial score (nSPS) is 13.1. The van der Waals surface area contributed by atoms with Crippen molar-refractivity contribution in [1.29, 1.82) is 0 Å². The molecule has 86 valence electrons. The fourth-order valence-electron chi connectivity index (χ4n) is 0.894. The van der Waals surface area contributed by atoms with Crippen LogP contribution in [0.25, 0.3) is 0 Å². The van der Waals surface area contributed by atoms with Gasteiger partial charge in [0.05, 0.1) is 18.1 Å². The molecule has 0 heterocycles. The summed E-state index contributed by atoms with van der Waals surface area (Å²) in [6.45, 7) is 6.80. The molecular weight excluding hydrogens is 202 g/mol. The van der Waals surface area contributed by atoms with Gasteiger partial charge in [0.25, 0.3) is 0 Å². The maximum Gasteiger partial charge on any atom is 0.153 e. The summed E-state index contributed by atoms with van der Waals surface area (Å²) in [4.78, 5) is 0. The highest BCUT2D eigenvalue weighted by atomic mass is 32.2. The van der Waals surface area contributed by atoms with Crippen LogP contribution in [0.15, 0.2) is 0 Å². The predicted molar refractivity (Wildman–Crippen MR) is 58.3 cm³/mol. The standard InChI is InChI=1S/C9H21NO3S/c1-9(2,3)10-5-7-14(11,12)8-6-13-4/h10H,5-8H2,1-4H3. The van der Waals surface area contributed by atoms with Crippen molar-refractivity contribution >= 4 is 9.84 Å². The van der Waals surface area contributed by atoms with Crippen LogP contribution in [-0.4, -0.2) is 45.7 Å². The summed E-state index contributed by atoms with van der Waals surface area (Å²) >= 11 is 0. The minimum Gasteiger partial charge on any atom is -0.384 e. The lowest BCUT2D eigenvalue weighted by Crippen LogP contribution is -2.39. The molecule has 0 spiro atoms. The number of nitrogens with one attached hydrogen (secondary N) is 1. The van der Waals surface area contributed by atoms with E-state index in [4.69, 9.17) is 4.74 Å². The number of hydrogen-bond donors (Lipinski definition) is 1. The van der Waals surface area contributed by atoms with Crippen LogP contribution in [0, 0.1) is 0 Å². The maximum absolute atomic E-state index is 11.4. The van der Waals surface area contributed by atoms with Gasteiger partial charge in [0.2, 0.25) is 0 Å². The topological polar surface area (TPSA) is 55.4 Å². The molecule has 0 aliphatic rings. The van der Waals surface area contributed by atoms with Crippen LogP contribution < -0.4 is 5.32 Å². The van der Waals surface area contributed by atoms with E-state index in [0.29, 0.717) is 6.54 Å². The van der Waals surface area contributed by atoms with Crippen molar-refractivity contribution in [3.8, 4) is 0 Å². The van der Waals surface area contributed by atoms with Crippen LogP contribution in [0.1, 0.15) is 20.8 Å². The lowest BCUT2D eigenvalue weighted by Gasteiger charge is -2.20. The summed E-state index contributed by atoms with van der Waals surface area (Å²) in [6, 6.07) is 0. The summed E-state index contributed by atoms with van der Waals surface area (Å²) in [5.74, 6) is 0.281. The van der Waals surface area contributed by atoms with Crippen molar-refractivity contribution in [2.75, 3.05) is 31.8 Å². The Morgan fingerprint density at radius 1 is 1.21 bits per heavy atom. The Balaban J connectivity index is 3.78. The number of sulfone groups is 1. The van der Waals surface area contributed by atoms with Crippen LogP contribution >= 0.6 is 0 Å². The molecule has 5 heteroatoms. The monoisotopic (exact) mass is 223 g/mol. The first-order chi connectivity index (χ1) is 6.27. The zero-order valence-electron chi connectivity index (χ0n) is 9.46. The molecule has 0 aromatic carbocycles. The molecule has 14 heavy (non-hydrogen) atoms. The van der Waals surface area contributed by atoms with E-state index < -0.39 is 9.84 Å². The molecule has 0 unspecified atom stereocenters. The first kappa shape index (κ1) is 13.9. The highest BCUT2D eigenvalue weighted by Gasteiger charge is 2.13. The first-order valence-electron chi connectivity index (χ1n) is 4.71. The Bertz CT molecular complexity index is 241. The van der Waals surface area contributed by atoms with E-state index in [-0.39, 0.29) is 23.7 Å². The van der Waals surface area contributed by atoms with E-state index in [1.54, 1.807) is 0 Å². The molecule has 0 aromatic heterocycles. The third kappa shape index (κ3) is 8.47. The molecule has 0 aromatic rings. The molecule has 0 aliphatic carbocycles. The summed E-state index contributed by atoms with van der Waals surface area (Å²) in [6.07, 6.45) is 0. The molecule has 0 aliphatic heterocycles. The van der Waals surface area contributed by atoms with Crippen LogP contribution in [0.5, 0.6) is 0 Å². The second-order valence-corrected chi connectivity index (χ2v) is 6.63. The van der Waals surface area contributed by atoms with Crippen molar-refractivity contribution in [3.05, 3.63) is 0 Å². The molecule has 0 amide bonds. The summed E-state index contributed by atoms with van der Waals surface area (Å²) in [5.41, 5.74) is -0.0310. The Kier molecular flexibility index (Phi) is 5.63. The highest BCUT2D eigenvalue weighted by molar-refractivity contribution is 7.91. The van der Waals surface area contributed by atoms with Crippen LogP contribution in [0.2, 0.25) is 0 Å². The number of hydrogen-bond acceptors (Lipinski definition) is 4. The second-order valence-electron chi connectivity index (χ2n) is 4.32. The molecule has 0 radical (unpaired) electrons. The third-order valence-electron chi connectivity index (χ3n) is 1.67. The summed E-state index contributed by atoms with van der Waals surface area (Å²) < 4.78 is 27.4. The zero-order chi connectivity index (χ0) is 11.2. The average Bonchev–Trinajstić information content (AvgIpc) is 1.98. The van der Waals surface area contributed by atoms with Gasteiger partial charge in [-0.1, -0.05) is 0 Å². The van der Waals surface area contributed by atoms with Crippen LogP contribution in [0.3, 0.4) is 0 Å². The lowest BCUT2D eigenvalue weighted by atomic mass is 10.1. The Hall–Kier alpha value is -0.130. The van der Waals surface area contributed by atoms with Gasteiger partial charge in [0.15, 0.2) is 9.84 Å².